The number of ether oxygens (including phenoxy) is 2. The number of benzene rings is 3. The van der Waals surface area contributed by atoms with Gasteiger partial charge in [-0.3, -0.25) is 4.84 Å². The predicted octanol–water partition coefficient (Wildman–Crippen LogP) is 6.08. The fraction of sp³-hybridized carbons (Fsp3) is 0.250. The minimum absolute atomic E-state index is 0.118. The van der Waals surface area contributed by atoms with Crippen molar-refractivity contribution in [1.29, 1.82) is 0 Å². The molecule has 1 aliphatic heterocycles. The third-order valence-electron chi connectivity index (χ3n) is 5.41. The second kappa shape index (κ2) is 9.61. The van der Waals surface area contributed by atoms with Crippen molar-refractivity contribution in [2.75, 3.05) is 12.2 Å². The number of hydrogen-bond acceptors (Lipinski definition) is 6. The summed E-state index contributed by atoms with van der Waals surface area (Å²) in [5.41, 5.74) is 1.45. The summed E-state index contributed by atoms with van der Waals surface area (Å²) in [4.78, 5) is 20.0. The maximum atomic E-state index is 13.6. The second-order valence-corrected chi connectivity index (χ2v) is 9.01. The van der Waals surface area contributed by atoms with Crippen molar-refractivity contribution in [3.05, 3.63) is 107 Å². The number of anilines is 1. The molecule has 1 N–H and O–H groups in total. The van der Waals surface area contributed by atoms with E-state index < -0.39 is 23.7 Å². The molecule has 34 heavy (non-hydrogen) atoms. The number of carbonyl (C=O) groups is 1. The van der Waals surface area contributed by atoms with Crippen LogP contribution in [0.15, 0.2) is 96.3 Å². The number of methoxy groups -OCH3 is 1. The van der Waals surface area contributed by atoms with Gasteiger partial charge in [-0.25, -0.2) is 9.86 Å². The largest absolute Gasteiger partial charge is 0.508 e. The van der Waals surface area contributed by atoms with Gasteiger partial charge in [0, 0.05) is 0 Å². The van der Waals surface area contributed by atoms with E-state index in [0.717, 1.165) is 5.56 Å². The van der Waals surface area contributed by atoms with Gasteiger partial charge in [0.1, 0.15) is 34.4 Å². The van der Waals surface area contributed by atoms with Crippen LogP contribution in [0, 0.1) is 0 Å². The zero-order valence-corrected chi connectivity index (χ0v) is 19.8. The minimum Gasteiger partial charge on any atom is -0.508 e. The molecule has 0 spiro atoms. The summed E-state index contributed by atoms with van der Waals surface area (Å²) in [6.07, 6.45) is -0.909. The molecule has 6 heteroatoms. The number of rotatable bonds is 5. The van der Waals surface area contributed by atoms with Crippen molar-refractivity contribution in [3.8, 4) is 5.75 Å². The zero-order chi connectivity index (χ0) is 24.3. The van der Waals surface area contributed by atoms with Gasteiger partial charge in [0.05, 0.1) is 7.11 Å². The van der Waals surface area contributed by atoms with Gasteiger partial charge in [0.25, 0.3) is 0 Å². The summed E-state index contributed by atoms with van der Waals surface area (Å²) < 4.78 is 11.4. The first-order chi connectivity index (χ1) is 16.3. The highest BCUT2D eigenvalue weighted by atomic mass is 16.7. The summed E-state index contributed by atoms with van der Waals surface area (Å²) in [7, 11) is 1.58. The lowest BCUT2D eigenvalue weighted by molar-refractivity contribution is -0.152. The Bertz CT molecular complexity index is 1170. The van der Waals surface area contributed by atoms with Gasteiger partial charge < -0.3 is 14.6 Å². The average Bonchev–Trinajstić information content (AvgIpc) is 2.83. The van der Waals surface area contributed by atoms with Crippen LogP contribution in [0.5, 0.6) is 5.75 Å². The molecule has 0 amide bonds. The molecule has 0 bridgehead atoms. The van der Waals surface area contributed by atoms with Crippen molar-refractivity contribution in [1.82, 2.24) is 0 Å². The highest BCUT2D eigenvalue weighted by molar-refractivity contribution is 5.92. The number of aliphatic hydroxyl groups is 1. The van der Waals surface area contributed by atoms with Gasteiger partial charge >= 0.3 is 5.97 Å². The highest BCUT2D eigenvalue weighted by Gasteiger charge is 2.44. The number of esters is 1. The Morgan fingerprint density at radius 3 is 2.03 bits per heavy atom. The molecule has 0 fully saturated rings. The summed E-state index contributed by atoms with van der Waals surface area (Å²) in [5, 5.41) is 13.1. The fourth-order valence-corrected chi connectivity index (χ4v) is 3.96. The smallest absolute Gasteiger partial charge is 0.340 e. The van der Waals surface area contributed by atoms with Crippen LogP contribution in [-0.2, 0) is 14.4 Å². The Morgan fingerprint density at radius 1 is 0.882 bits per heavy atom. The van der Waals surface area contributed by atoms with Crippen molar-refractivity contribution >= 4 is 11.7 Å². The van der Waals surface area contributed by atoms with Crippen LogP contribution >= 0.6 is 0 Å². The number of aliphatic hydroxyl groups excluding tert-OH is 1. The number of para-hydroxylation sites is 2. The van der Waals surface area contributed by atoms with Gasteiger partial charge in [-0.1, -0.05) is 72.8 Å². The Balaban J connectivity index is 1.96. The van der Waals surface area contributed by atoms with Crippen molar-refractivity contribution in [2.45, 2.75) is 38.5 Å². The number of hydrogen-bond donors (Lipinski definition) is 1. The maximum absolute atomic E-state index is 13.6. The molecular formula is C28H29NO5. The predicted molar refractivity (Wildman–Crippen MR) is 130 cm³/mol. The number of nitrogens with zero attached hydrogens (tertiary/aromatic N) is 1. The number of hydroxylamine groups is 1. The van der Waals surface area contributed by atoms with Crippen LogP contribution in [-0.4, -0.2) is 23.8 Å². The molecule has 176 valence electrons. The summed E-state index contributed by atoms with van der Waals surface area (Å²) in [5.74, 6) is -0.219. The molecule has 0 aromatic heterocycles. The molecule has 0 saturated heterocycles. The summed E-state index contributed by atoms with van der Waals surface area (Å²) in [6.45, 7) is 5.39. The maximum Gasteiger partial charge on any atom is 0.340 e. The van der Waals surface area contributed by atoms with Crippen LogP contribution in [0.25, 0.3) is 0 Å². The minimum atomic E-state index is -0.909. The first kappa shape index (κ1) is 23.4. The third-order valence-corrected chi connectivity index (χ3v) is 5.41. The Labute approximate surface area is 200 Å². The lowest BCUT2D eigenvalue weighted by Crippen LogP contribution is -2.41. The lowest BCUT2D eigenvalue weighted by atomic mass is 9.92. The van der Waals surface area contributed by atoms with Crippen molar-refractivity contribution in [2.24, 2.45) is 0 Å². The molecule has 1 heterocycles. The van der Waals surface area contributed by atoms with E-state index in [1.165, 1.54) is 0 Å². The molecule has 0 radical (unpaired) electrons. The average molecular weight is 460 g/mol. The standard InChI is InChI=1S/C28H29NO5/c1-28(2,3)33-27(31)23-24(19-13-7-5-8-14-19)29(21-17-11-12-18-22(21)32-4)34-26(25(23)30)20-15-9-6-10-16-20/h5-18,24,26,30H,1-4H3/t24-,26+/m0/s1. The topological polar surface area (TPSA) is 68.2 Å². The molecule has 0 saturated carbocycles. The van der Waals surface area contributed by atoms with E-state index >= 15 is 0 Å². The molecular weight excluding hydrogens is 430 g/mol. The first-order valence-corrected chi connectivity index (χ1v) is 11.2. The molecule has 0 aliphatic carbocycles. The van der Waals surface area contributed by atoms with E-state index in [2.05, 4.69) is 0 Å². The Kier molecular flexibility index (Phi) is 6.61. The molecule has 3 aromatic rings. The molecule has 2 atom stereocenters. The lowest BCUT2D eigenvalue weighted by Gasteiger charge is -2.41. The van der Waals surface area contributed by atoms with Gasteiger partial charge in [-0.15, -0.1) is 0 Å². The molecule has 4 rings (SSSR count). The van der Waals surface area contributed by atoms with E-state index in [1.54, 1.807) is 32.9 Å². The normalized spacial score (nSPS) is 18.5. The van der Waals surface area contributed by atoms with Crippen molar-refractivity contribution < 1.29 is 24.2 Å². The second-order valence-electron chi connectivity index (χ2n) is 9.01. The number of carbonyl (C=O) groups excluding carboxylic acids is 1. The molecule has 3 aromatic carbocycles. The van der Waals surface area contributed by atoms with Crippen LogP contribution < -0.4 is 9.80 Å². The van der Waals surface area contributed by atoms with E-state index in [9.17, 15) is 9.90 Å². The molecule has 0 unspecified atom stereocenters. The Morgan fingerprint density at radius 2 is 1.44 bits per heavy atom. The monoisotopic (exact) mass is 459 g/mol. The van der Waals surface area contributed by atoms with Crippen LogP contribution in [0.4, 0.5) is 5.69 Å². The first-order valence-electron chi connectivity index (χ1n) is 11.2. The molecule has 1 aliphatic rings. The third kappa shape index (κ3) is 4.77. The van der Waals surface area contributed by atoms with E-state index in [0.29, 0.717) is 17.0 Å². The van der Waals surface area contributed by atoms with Crippen molar-refractivity contribution in [3.63, 3.8) is 0 Å². The van der Waals surface area contributed by atoms with E-state index in [4.69, 9.17) is 14.3 Å². The van der Waals surface area contributed by atoms with E-state index in [-0.39, 0.29) is 11.3 Å². The quantitative estimate of drug-likeness (QED) is 0.466. The Hall–Kier alpha value is -3.77. The van der Waals surface area contributed by atoms with Gasteiger partial charge in [0.2, 0.25) is 0 Å². The zero-order valence-electron chi connectivity index (χ0n) is 19.8. The van der Waals surface area contributed by atoms with Gasteiger partial charge in [-0.05, 0) is 44.0 Å². The summed E-state index contributed by atoms with van der Waals surface area (Å²) >= 11 is 0. The van der Waals surface area contributed by atoms with Gasteiger partial charge in [0.15, 0.2) is 6.10 Å². The van der Waals surface area contributed by atoms with E-state index in [1.807, 2.05) is 84.9 Å². The van der Waals surface area contributed by atoms with Gasteiger partial charge in [-0.2, -0.15) is 0 Å². The van der Waals surface area contributed by atoms with Crippen LogP contribution in [0.2, 0.25) is 0 Å². The van der Waals surface area contributed by atoms with Crippen LogP contribution in [0.3, 0.4) is 0 Å². The highest BCUT2D eigenvalue weighted by Crippen LogP contribution is 2.47. The fourth-order valence-electron chi connectivity index (χ4n) is 3.96. The molecule has 6 nitrogen and oxygen atoms in total. The van der Waals surface area contributed by atoms with Crippen LogP contribution in [0.1, 0.15) is 44.0 Å². The summed E-state index contributed by atoms with van der Waals surface area (Å²) in [6, 6.07) is 25.3. The SMILES string of the molecule is COc1ccccc1N1O[C@H](c2ccccc2)C(O)=C(C(=O)OC(C)(C)C)[C@@H]1c1ccccc1.